The number of aromatic amines is 1. The molecule has 4 rings (SSSR count). The SMILES string of the molecule is C=CCOc1ccc(C2N(C(=O)CC)c3ccccc3-c3c(=O)[nH]c(SC)n[n+]32)cc1. The third-order valence-corrected chi connectivity index (χ3v) is 5.64. The van der Waals surface area contributed by atoms with Crippen molar-refractivity contribution in [1.82, 2.24) is 10.1 Å². The Kier molecular flexibility index (Phi) is 5.90. The molecule has 1 aliphatic rings. The van der Waals surface area contributed by atoms with E-state index in [1.54, 1.807) is 15.7 Å². The van der Waals surface area contributed by atoms with Crippen LogP contribution in [-0.4, -0.2) is 28.9 Å². The summed E-state index contributed by atoms with van der Waals surface area (Å²) in [5.41, 5.74) is 2.36. The highest BCUT2D eigenvalue weighted by Gasteiger charge is 2.45. The molecule has 0 radical (unpaired) electrons. The highest BCUT2D eigenvalue weighted by Crippen LogP contribution is 2.37. The molecule has 7 nitrogen and oxygen atoms in total. The highest BCUT2D eigenvalue weighted by atomic mass is 32.2. The Morgan fingerprint density at radius 3 is 2.71 bits per heavy atom. The predicted molar refractivity (Wildman–Crippen MR) is 120 cm³/mol. The lowest BCUT2D eigenvalue weighted by Crippen LogP contribution is -2.60. The van der Waals surface area contributed by atoms with Crippen LogP contribution in [0.2, 0.25) is 0 Å². The zero-order valence-electron chi connectivity index (χ0n) is 17.4. The molecular weight excluding hydrogens is 412 g/mol. The number of fused-ring (bicyclic) bond motifs is 3. The lowest BCUT2D eigenvalue weighted by Gasteiger charge is -2.32. The molecule has 0 saturated heterocycles. The first-order valence-corrected chi connectivity index (χ1v) is 11.2. The van der Waals surface area contributed by atoms with E-state index in [2.05, 4.69) is 16.7 Å². The third kappa shape index (κ3) is 3.74. The summed E-state index contributed by atoms with van der Waals surface area (Å²) in [7, 11) is 0. The number of aromatic nitrogens is 3. The number of amides is 1. The van der Waals surface area contributed by atoms with Crippen molar-refractivity contribution in [2.75, 3.05) is 17.8 Å². The van der Waals surface area contributed by atoms with Gasteiger partial charge in [0.05, 0.1) is 11.3 Å². The van der Waals surface area contributed by atoms with Gasteiger partial charge in [0.2, 0.25) is 11.1 Å². The minimum Gasteiger partial charge on any atom is -0.490 e. The predicted octanol–water partition coefficient (Wildman–Crippen LogP) is 3.31. The summed E-state index contributed by atoms with van der Waals surface area (Å²) in [5.74, 6) is 0.637. The molecule has 2 heterocycles. The van der Waals surface area contributed by atoms with Crippen LogP contribution in [0.5, 0.6) is 5.75 Å². The van der Waals surface area contributed by atoms with Gasteiger partial charge in [0.15, 0.2) is 0 Å². The summed E-state index contributed by atoms with van der Waals surface area (Å²) in [6.45, 7) is 5.89. The van der Waals surface area contributed by atoms with Crippen molar-refractivity contribution in [3.63, 3.8) is 0 Å². The van der Waals surface area contributed by atoms with E-state index in [-0.39, 0.29) is 11.5 Å². The Balaban J connectivity index is 1.96. The molecule has 1 atom stereocenters. The van der Waals surface area contributed by atoms with Crippen molar-refractivity contribution in [1.29, 1.82) is 0 Å². The number of rotatable bonds is 6. The smallest absolute Gasteiger partial charge is 0.325 e. The number of hydrogen-bond acceptors (Lipinski definition) is 5. The van der Waals surface area contributed by atoms with Gasteiger partial charge in [0.25, 0.3) is 6.17 Å². The average molecular weight is 436 g/mol. The topological polar surface area (TPSA) is 79.2 Å². The van der Waals surface area contributed by atoms with Crippen molar-refractivity contribution >= 4 is 23.4 Å². The molecule has 0 bridgehead atoms. The van der Waals surface area contributed by atoms with Crippen LogP contribution >= 0.6 is 11.8 Å². The number of para-hydroxylation sites is 1. The van der Waals surface area contributed by atoms with E-state index >= 15 is 0 Å². The molecule has 0 saturated carbocycles. The molecule has 8 heteroatoms. The molecule has 2 aromatic carbocycles. The minimum atomic E-state index is -0.598. The van der Waals surface area contributed by atoms with Gasteiger partial charge in [-0.05, 0) is 47.3 Å². The number of carbonyl (C=O) groups excluding carboxylic acids is 1. The van der Waals surface area contributed by atoms with Crippen LogP contribution in [0.15, 0.2) is 71.1 Å². The second-order valence-corrected chi connectivity index (χ2v) is 7.73. The van der Waals surface area contributed by atoms with Crippen LogP contribution < -0.4 is 19.9 Å². The maximum Gasteiger partial charge on any atom is 0.325 e. The maximum atomic E-state index is 13.1. The van der Waals surface area contributed by atoms with Crippen LogP contribution in [0.1, 0.15) is 25.1 Å². The number of ether oxygens (including phenoxy) is 1. The summed E-state index contributed by atoms with van der Waals surface area (Å²) in [6.07, 6.45) is 3.25. The van der Waals surface area contributed by atoms with Crippen molar-refractivity contribution < 1.29 is 14.2 Å². The van der Waals surface area contributed by atoms with Gasteiger partial charge < -0.3 is 4.74 Å². The molecule has 0 fully saturated rings. The van der Waals surface area contributed by atoms with Crippen molar-refractivity contribution in [2.45, 2.75) is 24.7 Å². The normalized spacial score (nSPS) is 14.5. The lowest BCUT2D eigenvalue weighted by molar-refractivity contribution is -0.763. The van der Waals surface area contributed by atoms with E-state index in [0.717, 1.165) is 5.56 Å². The van der Waals surface area contributed by atoms with Crippen LogP contribution in [0.3, 0.4) is 0 Å². The Labute approximate surface area is 184 Å². The number of carbonyl (C=O) groups is 1. The molecule has 1 N–H and O–H groups in total. The summed E-state index contributed by atoms with van der Waals surface area (Å²) in [5, 5.41) is 5.15. The van der Waals surface area contributed by atoms with Gasteiger partial charge in [-0.3, -0.25) is 14.6 Å². The first-order chi connectivity index (χ1) is 15.1. The van der Waals surface area contributed by atoms with E-state index in [1.807, 2.05) is 61.7 Å². The third-order valence-electron chi connectivity index (χ3n) is 5.07. The van der Waals surface area contributed by atoms with Gasteiger partial charge in [-0.2, -0.15) is 0 Å². The fourth-order valence-electron chi connectivity index (χ4n) is 3.70. The maximum absolute atomic E-state index is 13.1. The monoisotopic (exact) mass is 435 g/mol. The molecule has 158 valence electrons. The van der Waals surface area contributed by atoms with Gasteiger partial charge in [0.1, 0.15) is 12.4 Å². The van der Waals surface area contributed by atoms with E-state index in [1.165, 1.54) is 11.8 Å². The Bertz CT molecular complexity index is 1190. The Morgan fingerprint density at radius 1 is 1.29 bits per heavy atom. The number of anilines is 1. The van der Waals surface area contributed by atoms with E-state index < -0.39 is 6.17 Å². The van der Waals surface area contributed by atoms with Gasteiger partial charge in [0, 0.05) is 17.1 Å². The first kappa shape index (κ1) is 20.9. The zero-order chi connectivity index (χ0) is 22.0. The molecule has 1 aromatic heterocycles. The number of H-pyrrole nitrogens is 1. The molecule has 0 spiro atoms. The van der Waals surface area contributed by atoms with Gasteiger partial charge >= 0.3 is 11.3 Å². The summed E-state index contributed by atoms with van der Waals surface area (Å²) in [4.78, 5) is 30.7. The second kappa shape index (κ2) is 8.77. The number of benzene rings is 2. The molecule has 1 amide bonds. The number of thioether (sulfide) groups is 1. The molecular formula is C23H23N4O3S+. The van der Waals surface area contributed by atoms with Crippen LogP contribution in [-0.2, 0) is 4.79 Å². The molecule has 1 aliphatic heterocycles. The molecule has 0 aliphatic carbocycles. The van der Waals surface area contributed by atoms with E-state index in [9.17, 15) is 9.59 Å². The van der Waals surface area contributed by atoms with Crippen LogP contribution in [0.4, 0.5) is 5.69 Å². The fourth-order valence-corrected chi connectivity index (χ4v) is 4.06. The molecule has 1 unspecified atom stereocenters. The zero-order valence-corrected chi connectivity index (χ0v) is 18.2. The number of hydrogen-bond donors (Lipinski definition) is 1. The average Bonchev–Trinajstić information content (AvgIpc) is 2.81. The van der Waals surface area contributed by atoms with Crippen molar-refractivity contribution in [3.05, 3.63) is 77.1 Å². The fraction of sp³-hybridized carbons (Fsp3) is 0.217. The quantitative estimate of drug-likeness (QED) is 0.365. The molecule has 3 aromatic rings. The lowest BCUT2D eigenvalue weighted by atomic mass is 10.0. The summed E-state index contributed by atoms with van der Waals surface area (Å²) < 4.78 is 7.25. The van der Waals surface area contributed by atoms with Gasteiger partial charge in [-0.15, -0.1) is 0 Å². The van der Waals surface area contributed by atoms with Gasteiger partial charge in [-0.1, -0.05) is 43.5 Å². The highest BCUT2D eigenvalue weighted by molar-refractivity contribution is 7.98. The largest absolute Gasteiger partial charge is 0.490 e. The van der Waals surface area contributed by atoms with Gasteiger partial charge in [-0.25, -0.2) is 4.90 Å². The van der Waals surface area contributed by atoms with Crippen LogP contribution in [0.25, 0.3) is 11.3 Å². The van der Waals surface area contributed by atoms with E-state index in [4.69, 9.17) is 4.74 Å². The minimum absolute atomic E-state index is 0.0598. The van der Waals surface area contributed by atoms with Crippen LogP contribution in [0, 0.1) is 0 Å². The summed E-state index contributed by atoms with van der Waals surface area (Å²) in [6, 6.07) is 14.9. The number of nitrogens with zero attached hydrogens (tertiary/aromatic N) is 3. The standard InChI is InChI=1S/C23H22N4O3S/c1-4-14-30-16-12-10-15(11-13-16)22-26(19(28)5-2)18-9-7-6-8-17(18)20-21(29)24-23(31-3)25-27(20)22/h4,6-13,22H,1,5,14H2,2-3H3/p+1. The second-order valence-electron chi connectivity index (χ2n) is 6.93. The van der Waals surface area contributed by atoms with Crippen molar-refractivity contribution in [3.8, 4) is 17.0 Å². The Morgan fingerprint density at radius 2 is 2.03 bits per heavy atom. The summed E-state index contributed by atoms with van der Waals surface area (Å²) >= 11 is 1.34. The number of nitrogens with one attached hydrogen (secondary N) is 1. The van der Waals surface area contributed by atoms with E-state index in [0.29, 0.717) is 40.9 Å². The van der Waals surface area contributed by atoms with Crippen molar-refractivity contribution in [2.24, 2.45) is 0 Å². The molecule has 31 heavy (non-hydrogen) atoms. The first-order valence-electron chi connectivity index (χ1n) is 9.94. The Hall–Kier alpha value is -3.39.